The Hall–Kier alpha value is -3.00. The van der Waals surface area contributed by atoms with Gasteiger partial charge in [0.15, 0.2) is 0 Å². The normalized spacial score (nSPS) is 15.1. The van der Waals surface area contributed by atoms with Gasteiger partial charge in [-0.05, 0) is 32.3 Å². The summed E-state index contributed by atoms with van der Waals surface area (Å²) >= 11 is 0. The van der Waals surface area contributed by atoms with E-state index >= 15 is 4.39 Å². The molecule has 1 fully saturated rings. The average Bonchev–Trinajstić information content (AvgIpc) is 2.89. The number of nitrogens with one attached hydrogen (secondary N) is 1. The lowest BCUT2D eigenvalue weighted by molar-refractivity contribution is -0.137. The molecule has 8 heteroatoms. The van der Waals surface area contributed by atoms with Crippen molar-refractivity contribution in [3.8, 4) is 0 Å². The topological polar surface area (TPSA) is 55.9 Å². The van der Waals surface area contributed by atoms with E-state index in [2.05, 4.69) is 10.2 Å². The highest BCUT2D eigenvalue weighted by atomic mass is 19.1. The third-order valence-electron chi connectivity index (χ3n) is 7.10. The number of nitrogens with zero attached hydrogens (tertiary/aromatic N) is 3. The molecular weight excluding hydrogens is 462 g/mol. The Bertz CT molecular complexity index is 1020. The molecule has 1 atom stereocenters. The average molecular weight is 501 g/mol. The molecule has 0 aliphatic carbocycles. The Morgan fingerprint density at radius 1 is 0.917 bits per heavy atom. The van der Waals surface area contributed by atoms with Crippen LogP contribution in [0.5, 0.6) is 0 Å². The zero-order valence-corrected chi connectivity index (χ0v) is 21.8. The molecule has 0 spiro atoms. The summed E-state index contributed by atoms with van der Waals surface area (Å²) in [5.74, 6) is -1.73. The van der Waals surface area contributed by atoms with Crippen molar-refractivity contribution in [1.82, 2.24) is 9.80 Å². The van der Waals surface area contributed by atoms with Gasteiger partial charge in [0.25, 0.3) is 0 Å². The highest BCUT2D eigenvalue weighted by molar-refractivity contribution is 5.92. The fraction of sp³-hybridized carbons (Fsp3) is 0.500. The van der Waals surface area contributed by atoms with Crippen LogP contribution in [0.15, 0.2) is 42.5 Å². The highest BCUT2D eigenvalue weighted by Gasteiger charge is 2.33. The number of anilines is 2. The monoisotopic (exact) mass is 500 g/mol. The minimum atomic E-state index is -0.660. The molecule has 0 aromatic heterocycles. The number of hydrogen-bond donors (Lipinski definition) is 1. The molecule has 1 unspecified atom stereocenters. The summed E-state index contributed by atoms with van der Waals surface area (Å²) in [6, 6.07) is 11.5. The van der Waals surface area contributed by atoms with Gasteiger partial charge in [-0.3, -0.25) is 14.5 Å². The van der Waals surface area contributed by atoms with E-state index < -0.39 is 17.7 Å². The Morgan fingerprint density at radius 2 is 1.53 bits per heavy atom. The SMILES string of the molecule is CCC(CC)C(=O)Nc1cc(F)c(N2CCN(C(C(=O)N(CC)CC)c3ccccc3)CC2)cc1F. The summed E-state index contributed by atoms with van der Waals surface area (Å²) in [5, 5.41) is 2.53. The van der Waals surface area contributed by atoms with Crippen LogP contribution in [0.1, 0.15) is 52.1 Å². The van der Waals surface area contributed by atoms with Crippen LogP contribution >= 0.6 is 0 Å². The van der Waals surface area contributed by atoms with Crippen molar-refractivity contribution >= 4 is 23.2 Å². The van der Waals surface area contributed by atoms with Crippen LogP contribution in [-0.4, -0.2) is 60.9 Å². The number of amides is 2. The first-order valence-corrected chi connectivity index (χ1v) is 13.0. The number of carbonyl (C=O) groups is 2. The summed E-state index contributed by atoms with van der Waals surface area (Å²) in [4.78, 5) is 31.5. The molecule has 0 bridgehead atoms. The van der Waals surface area contributed by atoms with Crippen LogP contribution in [0.25, 0.3) is 0 Å². The van der Waals surface area contributed by atoms with Crippen LogP contribution in [0, 0.1) is 17.6 Å². The fourth-order valence-corrected chi connectivity index (χ4v) is 4.84. The first-order valence-electron chi connectivity index (χ1n) is 13.0. The lowest BCUT2D eigenvalue weighted by Gasteiger charge is -2.41. The third kappa shape index (κ3) is 6.22. The van der Waals surface area contributed by atoms with Gasteiger partial charge in [-0.2, -0.15) is 0 Å². The van der Waals surface area contributed by atoms with Gasteiger partial charge in [-0.15, -0.1) is 0 Å². The Morgan fingerprint density at radius 3 is 2.08 bits per heavy atom. The van der Waals surface area contributed by atoms with Crippen molar-refractivity contribution in [3.05, 3.63) is 59.7 Å². The first kappa shape index (κ1) is 27.6. The van der Waals surface area contributed by atoms with Crippen LogP contribution < -0.4 is 10.2 Å². The van der Waals surface area contributed by atoms with Crippen molar-refractivity contribution in [2.45, 2.75) is 46.6 Å². The van der Waals surface area contributed by atoms with Crippen LogP contribution in [-0.2, 0) is 9.59 Å². The fourth-order valence-electron chi connectivity index (χ4n) is 4.84. The molecule has 6 nitrogen and oxygen atoms in total. The summed E-state index contributed by atoms with van der Waals surface area (Å²) < 4.78 is 29.9. The Balaban J connectivity index is 1.75. The molecule has 1 aliphatic heterocycles. The smallest absolute Gasteiger partial charge is 0.244 e. The van der Waals surface area contributed by atoms with E-state index in [9.17, 15) is 14.0 Å². The molecule has 1 N–H and O–H groups in total. The second-order valence-corrected chi connectivity index (χ2v) is 9.13. The van der Waals surface area contributed by atoms with Gasteiger partial charge in [0.05, 0.1) is 11.4 Å². The predicted octanol–water partition coefficient (Wildman–Crippen LogP) is 5.07. The maximum atomic E-state index is 15.0. The van der Waals surface area contributed by atoms with Crippen molar-refractivity contribution in [3.63, 3.8) is 0 Å². The molecule has 1 aliphatic rings. The Kier molecular flexibility index (Phi) is 9.81. The molecule has 2 aromatic rings. The number of rotatable bonds is 10. The van der Waals surface area contributed by atoms with E-state index in [1.807, 2.05) is 62.9 Å². The minimum absolute atomic E-state index is 0.0504. The lowest BCUT2D eigenvalue weighted by atomic mass is 10.0. The predicted molar refractivity (Wildman–Crippen MR) is 140 cm³/mol. The standard InChI is InChI=1S/C28H38F2N4O2/c1-5-20(6-2)27(35)31-24-18-23(30)25(19-22(24)29)33-14-16-34(17-15-33)26(21-12-10-9-11-13-21)28(36)32(7-3)8-4/h9-13,18-20,26H,5-8,14-17H2,1-4H3,(H,31,35). The number of carbonyl (C=O) groups excluding carboxylic acids is 2. The molecule has 36 heavy (non-hydrogen) atoms. The molecule has 1 heterocycles. The van der Waals surface area contributed by atoms with Gasteiger partial charge in [0.2, 0.25) is 11.8 Å². The molecule has 196 valence electrons. The highest BCUT2D eigenvalue weighted by Crippen LogP contribution is 2.30. The minimum Gasteiger partial charge on any atom is -0.367 e. The summed E-state index contributed by atoms with van der Waals surface area (Å²) in [6.07, 6.45) is 1.27. The number of halogens is 2. The number of hydrogen-bond acceptors (Lipinski definition) is 4. The molecule has 0 radical (unpaired) electrons. The first-order chi connectivity index (χ1) is 17.3. The number of piperazine rings is 1. The molecule has 2 amide bonds. The van der Waals surface area contributed by atoms with Crippen LogP contribution in [0.2, 0.25) is 0 Å². The van der Waals surface area contributed by atoms with E-state index in [0.717, 1.165) is 17.7 Å². The van der Waals surface area contributed by atoms with Gasteiger partial charge in [-0.25, -0.2) is 8.78 Å². The van der Waals surface area contributed by atoms with Crippen LogP contribution in [0.3, 0.4) is 0 Å². The van der Waals surface area contributed by atoms with Gasteiger partial charge in [-0.1, -0.05) is 44.2 Å². The molecule has 2 aromatic carbocycles. The molecule has 1 saturated heterocycles. The van der Waals surface area contributed by atoms with E-state index in [4.69, 9.17) is 0 Å². The van der Waals surface area contributed by atoms with E-state index in [1.54, 1.807) is 4.90 Å². The maximum absolute atomic E-state index is 15.0. The zero-order chi connectivity index (χ0) is 26.2. The molecule has 0 saturated carbocycles. The van der Waals surface area contributed by atoms with E-state index in [-0.39, 0.29) is 29.1 Å². The summed E-state index contributed by atoms with van der Waals surface area (Å²) in [5.41, 5.74) is 0.956. The summed E-state index contributed by atoms with van der Waals surface area (Å²) in [7, 11) is 0. The number of likely N-dealkylation sites (N-methyl/N-ethyl adjacent to an activating group) is 1. The molecule has 3 rings (SSSR count). The Labute approximate surface area is 213 Å². The van der Waals surface area contributed by atoms with Crippen molar-refractivity contribution < 1.29 is 18.4 Å². The maximum Gasteiger partial charge on any atom is 0.244 e. The van der Waals surface area contributed by atoms with Crippen molar-refractivity contribution in [2.75, 3.05) is 49.5 Å². The van der Waals surface area contributed by atoms with E-state index in [0.29, 0.717) is 52.1 Å². The summed E-state index contributed by atoms with van der Waals surface area (Å²) in [6.45, 7) is 10.9. The van der Waals surface area contributed by atoms with Gasteiger partial charge >= 0.3 is 0 Å². The third-order valence-corrected chi connectivity index (χ3v) is 7.10. The number of benzene rings is 2. The zero-order valence-electron chi connectivity index (χ0n) is 21.8. The van der Waals surface area contributed by atoms with Gasteiger partial charge in [0, 0.05) is 57.3 Å². The lowest BCUT2D eigenvalue weighted by Crippen LogP contribution is -2.52. The van der Waals surface area contributed by atoms with Gasteiger partial charge < -0.3 is 15.1 Å². The van der Waals surface area contributed by atoms with Crippen LogP contribution in [0.4, 0.5) is 20.2 Å². The van der Waals surface area contributed by atoms with Crippen molar-refractivity contribution in [1.29, 1.82) is 0 Å². The largest absolute Gasteiger partial charge is 0.367 e. The quantitative estimate of drug-likeness (QED) is 0.495. The molecular formula is C28H38F2N4O2. The van der Waals surface area contributed by atoms with Crippen molar-refractivity contribution in [2.24, 2.45) is 5.92 Å². The van der Waals surface area contributed by atoms with Gasteiger partial charge in [0.1, 0.15) is 17.7 Å². The second-order valence-electron chi connectivity index (χ2n) is 9.13. The van der Waals surface area contributed by atoms with E-state index in [1.165, 1.54) is 0 Å². The second kappa shape index (κ2) is 12.8.